The fraction of sp³-hybridized carbons (Fsp3) is 0.532. The largest absolute Gasteiger partial charge is 0.461 e. The van der Waals surface area contributed by atoms with Gasteiger partial charge in [-0.1, -0.05) is 104 Å². The van der Waals surface area contributed by atoms with Gasteiger partial charge in [-0.15, -0.1) is 0 Å². The maximum absolute atomic E-state index is 13.0. The first-order valence-corrected chi connectivity index (χ1v) is 22.7. The standard InChI is InChI=1S/C37H52N6O6.C10H13N5O4/c1-5-6-7-8-9-10-11-12-13-14-15-16-17-18-19-20-21-22-23-24-32(44)39-34(28(2)3)36(46)48-27-31-30(41-42-38)25-33(49-31)43-26-29(4)35(45)40-37(43)47;1-5-3-15(10(18)12-9(5)17)8-2-6(13-14-11)7(4-16)19-8/h6-7,9-10,12-13,15-16,18-19,21-22,26,28,30-31,33-34H,5,8,11,14,17,20,23-25,27H2,1-4H3,(H,39,44)(H,40,45,47);3,6-8,16H,2,4H2,1H3,(H,12,17,18)/b7-6-,10-9-,13-12-,16-15-,19-18-,22-21-;/t30-,31+,33?,34-;6-,7+,8?/m00/s1. The number of rotatable bonds is 24. The molecule has 68 heavy (non-hydrogen) atoms. The summed E-state index contributed by atoms with van der Waals surface area (Å²) in [5, 5.41) is 19.2. The number of aromatic amines is 2. The van der Waals surface area contributed by atoms with E-state index in [1.165, 1.54) is 21.5 Å². The lowest BCUT2D eigenvalue weighted by atomic mass is 10.0. The third kappa shape index (κ3) is 18.9. The Hall–Kier alpha value is -6.76. The van der Waals surface area contributed by atoms with Crippen molar-refractivity contribution in [3.8, 4) is 0 Å². The zero-order valence-electron chi connectivity index (χ0n) is 39.4. The number of aliphatic hydroxyl groups is 1. The number of aryl methyl sites for hydroxylation is 2. The second-order valence-electron chi connectivity index (χ2n) is 16.3. The Balaban J connectivity index is 0.000000532. The molecule has 0 saturated carbocycles. The van der Waals surface area contributed by atoms with Gasteiger partial charge in [0.1, 0.15) is 31.2 Å². The van der Waals surface area contributed by atoms with Crippen LogP contribution in [0.25, 0.3) is 20.9 Å². The zero-order chi connectivity index (χ0) is 49.8. The van der Waals surface area contributed by atoms with Crippen LogP contribution in [0.1, 0.15) is 109 Å². The summed E-state index contributed by atoms with van der Waals surface area (Å²) < 4.78 is 19.3. The molecule has 0 bridgehead atoms. The Morgan fingerprint density at radius 1 is 0.765 bits per heavy atom. The van der Waals surface area contributed by atoms with Crippen molar-refractivity contribution in [1.82, 2.24) is 24.4 Å². The number of aromatic nitrogens is 4. The molecule has 21 nitrogen and oxygen atoms in total. The summed E-state index contributed by atoms with van der Waals surface area (Å²) in [7, 11) is 0. The molecule has 2 aromatic heterocycles. The van der Waals surface area contributed by atoms with E-state index in [-0.39, 0.29) is 44.3 Å². The Bertz CT molecular complexity index is 2470. The number of carbonyl (C=O) groups is 2. The summed E-state index contributed by atoms with van der Waals surface area (Å²) in [5.74, 6) is -1.15. The van der Waals surface area contributed by atoms with Crippen LogP contribution in [0.5, 0.6) is 0 Å². The summed E-state index contributed by atoms with van der Waals surface area (Å²) >= 11 is 0. The second-order valence-corrected chi connectivity index (χ2v) is 16.3. The maximum Gasteiger partial charge on any atom is 0.330 e. The van der Waals surface area contributed by atoms with Crippen LogP contribution in [0.4, 0.5) is 0 Å². The molecule has 1 amide bonds. The van der Waals surface area contributed by atoms with E-state index in [1.807, 2.05) is 12.2 Å². The molecule has 2 aromatic rings. The number of ether oxygens (including phenoxy) is 3. The van der Waals surface area contributed by atoms with Gasteiger partial charge in [0.25, 0.3) is 11.1 Å². The lowest BCUT2D eigenvalue weighted by molar-refractivity contribution is -0.153. The number of H-pyrrole nitrogens is 2. The van der Waals surface area contributed by atoms with Crippen LogP contribution in [-0.2, 0) is 23.8 Å². The molecule has 21 heteroatoms. The zero-order valence-corrected chi connectivity index (χ0v) is 39.4. The Morgan fingerprint density at radius 3 is 1.62 bits per heavy atom. The fourth-order valence-corrected chi connectivity index (χ4v) is 6.91. The Labute approximate surface area is 394 Å². The molecule has 2 unspecified atom stereocenters. The summed E-state index contributed by atoms with van der Waals surface area (Å²) in [5.41, 5.74) is 15.9. The first kappa shape index (κ1) is 55.6. The smallest absolute Gasteiger partial charge is 0.330 e. The van der Waals surface area contributed by atoms with E-state index < -0.39 is 71.3 Å². The van der Waals surface area contributed by atoms with Crippen molar-refractivity contribution in [3.05, 3.63) is 159 Å². The molecule has 2 fully saturated rings. The molecule has 0 aromatic carbocycles. The molecule has 4 rings (SSSR count). The van der Waals surface area contributed by atoms with Crippen LogP contribution < -0.4 is 27.8 Å². The van der Waals surface area contributed by atoms with E-state index in [1.54, 1.807) is 27.7 Å². The van der Waals surface area contributed by atoms with Crippen LogP contribution in [0.15, 0.2) is 115 Å². The first-order chi connectivity index (χ1) is 32.7. The third-order valence-electron chi connectivity index (χ3n) is 10.7. The highest BCUT2D eigenvalue weighted by molar-refractivity contribution is 5.84. The molecule has 0 radical (unpaired) electrons. The summed E-state index contributed by atoms with van der Waals surface area (Å²) in [4.78, 5) is 82.5. The number of esters is 1. The number of hydrogen-bond acceptors (Lipinski definition) is 12. The van der Waals surface area contributed by atoms with Crippen molar-refractivity contribution in [2.24, 2.45) is 16.1 Å². The number of hydrogen-bond donors (Lipinski definition) is 4. The van der Waals surface area contributed by atoms with Crippen LogP contribution in [0.2, 0.25) is 0 Å². The highest BCUT2D eigenvalue weighted by Crippen LogP contribution is 2.31. The van der Waals surface area contributed by atoms with Crippen LogP contribution in [0.3, 0.4) is 0 Å². The first-order valence-electron chi connectivity index (χ1n) is 22.7. The van der Waals surface area contributed by atoms with E-state index in [4.69, 9.17) is 30.4 Å². The number of nitrogens with one attached hydrogen (secondary N) is 3. The van der Waals surface area contributed by atoms with Crippen LogP contribution >= 0.6 is 0 Å². The summed E-state index contributed by atoms with van der Waals surface area (Å²) in [6, 6.07) is -2.13. The van der Waals surface area contributed by atoms with Gasteiger partial charge in [0.05, 0.1) is 24.8 Å². The van der Waals surface area contributed by atoms with Crippen molar-refractivity contribution in [3.63, 3.8) is 0 Å². The number of amides is 1. The van der Waals surface area contributed by atoms with Gasteiger partial charge in [-0.2, -0.15) is 0 Å². The maximum atomic E-state index is 13.0. The molecular formula is C47H65N11O10. The predicted molar refractivity (Wildman–Crippen MR) is 257 cm³/mol. The number of carbonyl (C=O) groups excluding carboxylic acids is 2. The van der Waals surface area contributed by atoms with E-state index in [0.717, 1.165) is 38.5 Å². The molecule has 2 aliphatic rings. The summed E-state index contributed by atoms with van der Waals surface area (Å²) in [6.45, 7) is 8.30. The number of nitrogens with zero attached hydrogens (tertiary/aromatic N) is 8. The van der Waals surface area contributed by atoms with E-state index in [9.17, 15) is 28.8 Å². The second kappa shape index (κ2) is 30.5. The molecule has 7 atom stereocenters. The molecule has 2 aliphatic heterocycles. The van der Waals surface area contributed by atoms with Crippen molar-refractivity contribution >= 4 is 11.9 Å². The highest BCUT2D eigenvalue weighted by atomic mass is 16.6. The van der Waals surface area contributed by atoms with Gasteiger partial charge in [0.2, 0.25) is 5.91 Å². The molecule has 0 aliphatic carbocycles. The van der Waals surface area contributed by atoms with Crippen LogP contribution in [-0.4, -0.2) is 79.6 Å². The number of azide groups is 2. The van der Waals surface area contributed by atoms with Gasteiger partial charge in [0, 0.05) is 52.6 Å². The minimum absolute atomic E-state index is 0.149. The van der Waals surface area contributed by atoms with E-state index in [0.29, 0.717) is 17.5 Å². The van der Waals surface area contributed by atoms with Gasteiger partial charge in [0.15, 0.2) is 0 Å². The molecule has 2 saturated heterocycles. The Morgan fingerprint density at radius 2 is 1.19 bits per heavy atom. The molecule has 368 valence electrons. The lowest BCUT2D eigenvalue weighted by Crippen LogP contribution is -2.46. The van der Waals surface area contributed by atoms with E-state index >= 15 is 0 Å². The van der Waals surface area contributed by atoms with Gasteiger partial charge < -0.3 is 24.6 Å². The van der Waals surface area contributed by atoms with Gasteiger partial charge in [-0.25, -0.2) is 14.4 Å². The summed E-state index contributed by atoms with van der Waals surface area (Å²) in [6.07, 6.45) is 32.1. The highest BCUT2D eigenvalue weighted by Gasteiger charge is 2.38. The van der Waals surface area contributed by atoms with Crippen LogP contribution in [0, 0.1) is 19.8 Å². The minimum Gasteiger partial charge on any atom is -0.461 e. The van der Waals surface area contributed by atoms with Crippen molar-refractivity contribution < 1.29 is 28.9 Å². The molecule has 4 N–H and O–H groups in total. The predicted octanol–water partition coefficient (Wildman–Crippen LogP) is 6.78. The van der Waals surface area contributed by atoms with Crippen molar-refractivity contribution in [2.45, 2.75) is 142 Å². The minimum atomic E-state index is -0.877. The topological polar surface area (TPSA) is 301 Å². The van der Waals surface area contributed by atoms with Gasteiger partial charge in [-0.3, -0.25) is 33.5 Å². The Kier molecular flexibility index (Phi) is 24.9. The quantitative estimate of drug-likeness (QED) is 0.0281. The van der Waals surface area contributed by atoms with Crippen molar-refractivity contribution in [2.75, 3.05) is 13.2 Å². The fourth-order valence-electron chi connectivity index (χ4n) is 6.91. The van der Waals surface area contributed by atoms with Crippen molar-refractivity contribution in [1.29, 1.82) is 0 Å². The normalized spacial score (nSPS) is 20.9. The number of aliphatic hydroxyl groups excluding tert-OH is 1. The van der Waals surface area contributed by atoms with Gasteiger partial charge >= 0.3 is 17.3 Å². The molecular weight excluding hydrogens is 879 g/mol. The number of allylic oxidation sites excluding steroid dienone is 12. The lowest BCUT2D eigenvalue weighted by Gasteiger charge is -2.22. The molecule has 0 spiro atoms. The average Bonchev–Trinajstić information content (AvgIpc) is 3.91. The van der Waals surface area contributed by atoms with E-state index in [2.05, 4.69) is 103 Å². The van der Waals surface area contributed by atoms with Gasteiger partial charge in [-0.05, 0) is 75.8 Å². The average molecular weight is 944 g/mol. The monoisotopic (exact) mass is 943 g/mol. The SMILES string of the molecule is CC/C=C\C/C=C\C/C=C\C/C=C\C/C=C\C/C=C\CCC(=O)N[C@H](C(=O)OC[C@H]1OC(n2cc(C)c(=O)[nH]c2=O)C[C@@H]1N=[N+]=[N-])C(C)C.Cc1cn(C2C[C@H](N=[N+]=[N-])[C@@H](CO)O2)c(=O)[nH]c1=O. The third-order valence-corrected chi connectivity index (χ3v) is 10.7. The molecule has 4 heterocycles.